The second-order valence-corrected chi connectivity index (χ2v) is 4.40. The van der Waals surface area contributed by atoms with Crippen LogP contribution in [0.2, 0.25) is 0 Å². The first-order valence-corrected chi connectivity index (χ1v) is 5.71. The van der Waals surface area contributed by atoms with Crippen LogP contribution in [0.4, 0.5) is 4.39 Å². The summed E-state index contributed by atoms with van der Waals surface area (Å²) in [7, 11) is 0. The summed E-state index contributed by atoms with van der Waals surface area (Å²) in [5.41, 5.74) is 1.98. The zero-order valence-electron chi connectivity index (χ0n) is 9.39. The molecule has 82 valence electrons. The quantitative estimate of drug-likeness (QED) is 0.785. The minimum atomic E-state index is -0.107. The summed E-state index contributed by atoms with van der Waals surface area (Å²) in [4.78, 5) is 0. The number of nitrogens with one attached hydrogen (secondary N) is 1. The molecule has 1 aliphatic heterocycles. The SMILES string of the molecule is CCC1CCNC1c1ccc(F)c(C)c1. The van der Waals surface area contributed by atoms with E-state index in [0.717, 1.165) is 12.1 Å². The molecule has 1 fully saturated rings. The monoisotopic (exact) mass is 207 g/mol. The van der Waals surface area contributed by atoms with Crippen LogP contribution >= 0.6 is 0 Å². The van der Waals surface area contributed by atoms with E-state index in [2.05, 4.69) is 12.2 Å². The Kier molecular flexibility index (Phi) is 3.06. The summed E-state index contributed by atoms with van der Waals surface area (Å²) in [6.07, 6.45) is 2.42. The number of aryl methyl sites for hydroxylation is 1. The third-order valence-corrected chi connectivity index (χ3v) is 3.42. The Balaban J connectivity index is 2.25. The fourth-order valence-corrected chi connectivity index (χ4v) is 2.45. The van der Waals surface area contributed by atoms with Crippen LogP contribution in [-0.2, 0) is 0 Å². The number of hydrogen-bond acceptors (Lipinski definition) is 1. The molecule has 0 aliphatic carbocycles. The number of rotatable bonds is 2. The van der Waals surface area contributed by atoms with E-state index in [1.807, 2.05) is 19.1 Å². The molecule has 0 aromatic heterocycles. The van der Waals surface area contributed by atoms with E-state index < -0.39 is 0 Å². The molecule has 2 rings (SSSR count). The van der Waals surface area contributed by atoms with Crippen molar-refractivity contribution in [3.8, 4) is 0 Å². The minimum absolute atomic E-state index is 0.107. The minimum Gasteiger partial charge on any atom is -0.310 e. The topological polar surface area (TPSA) is 12.0 Å². The van der Waals surface area contributed by atoms with E-state index in [0.29, 0.717) is 12.0 Å². The average Bonchev–Trinajstić information content (AvgIpc) is 2.70. The summed E-state index contributed by atoms with van der Waals surface area (Å²) in [5, 5.41) is 3.50. The fraction of sp³-hybridized carbons (Fsp3) is 0.538. The Labute approximate surface area is 90.7 Å². The van der Waals surface area contributed by atoms with Gasteiger partial charge in [0.1, 0.15) is 5.82 Å². The lowest BCUT2D eigenvalue weighted by Gasteiger charge is -2.19. The fourth-order valence-electron chi connectivity index (χ4n) is 2.45. The van der Waals surface area contributed by atoms with Crippen molar-refractivity contribution in [2.75, 3.05) is 6.54 Å². The van der Waals surface area contributed by atoms with Crippen molar-refractivity contribution in [2.45, 2.75) is 32.7 Å². The van der Waals surface area contributed by atoms with Crippen molar-refractivity contribution in [3.05, 3.63) is 35.1 Å². The lowest BCUT2D eigenvalue weighted by Crippen LogP contribution is -2.17. The highest BCUT2D eigenvalue weighted by atomic mass is 19.1. The van der Waals surface area contributed by atoms with Crippen molar-refractivity contribution in [1.82, 2.24) is 5.32 Å². The first-order chi connectivity index (χ1) is 7.22. The van der Waals surface area contributed by atoms with Crippen LogP contribution in [0.25, 0.3) is 0 Å². The van der Waals surface area contributed by atoms with Gasteiger partial charge in [0.05, 0.1) is 0 Å². The first kappa shape index (κ1) is 10.6. The molecule has 0 radical (unpaired) electrons. The standard InChI is InChI=1S/C13H18FN/c1-3-10-6-7-15-13(10)11-4-5-12(14)9(2)8-11/h4-5,8,10,13,15H,3,6-7H2,1-2H3. The van der Waals surface area contributed by atoms with Gasteiger partial charge in [-0.1, -0.05) is 25.5 Å². The lowest BCUT2D eigenvalue weighted by atomic mass is 9.91. The normalized spacial score (nSPS) is 25.8. The molecule has 1 nitrogen and oxygen atoms in total. The highest BCUT2D eigenvalue weighted by Crippen LogP contribution is 2.32. The van der Waals surface area contributed by atoms with Crippen molar-refractivity contribution in [3.63, 3.8) is 0 Å². The Hall–Kier alpha value is -0.890. The average molecular weight is 207 g/mol. The molecule has 1 aromatic carbocycles. The van der Waals surface area contributed by atoms with Gasteiger partial charge in [0.15, 0.2) is 0 Å². The van der Waals surface area contributed by atoms with Crippen LogP contribution in [0.15, 0.2) is 18.2 Å². The van der Waals surface area contributed by atoms with Crippen LogP contribution < -0.4 is 5.32 Å². The van der Waals surface area contributed by atoms with E-state index >= 15 is 0 Å². The van der Waals surface area contributed by atoms with Crippen LogP contribution in [0.3, 0.4) is 0 Å². The van der Waals surface area contributed by atoms with E-state index in [9.17, 15) is 4.39 Å². The van der Waals surface area contributed by atoms with E-state index in [4.69, 9.17) is 0 Å². The molecule has 1 aliphatic rings. The number of hydrogen-bond donors (Lipinski definition) is 1. The molecule has 2 heteroatoms. The predicted molar refractivity (Wildman–Crippen MR) is 60.3 cm³/mol. The first-order valence-electron chi connectivity index (χ1n) is 5.71. The molecule has 2 atom stereocenters. The van der Waals surface area contributed by atoms with Crippen LogP contribution in [0, 0.1) is 18.7 Å². The van der Waals surface area contributed by atoms with E-state index in [-0.39, 0.29) is 5.82 Å². The summed E-state index contributed by atoms with van der Waals surface area (Å²) in [6.45, 7) is 5.13. The number of halogens is 1. The molecule has 0 saturated carbocycles. The smallest absolute Gasteiger partial charge is 0.126 e. The summed E-state index contributed by atoms with van der Waals surface area (Å²) >= 11 is 0. The van der Waals surface area contributed by atoms with Gasteiger partial charge in [-0.25, -0.2) is 4.39 Å². The predicted octanol–water partition coefficient (Wildman–Crippen LogP) is 3.19. The maximum atomic E-state index is 13.1. The van der Waals surface area contributed by atoms with E-state index in [1.54, 1.807) is 6.07 Å². The molecule has 15 heavy (non-hydrogen) atoms. The molecule has 0 amide bonds. The molecule has 1 heterocycles. The zero-order valence-corrected chi connectivity index (χ0v) is 9.39. The molecule has 2 unspecified atom stereocenters. The van der Waals surface area contributed by atoms with Gasteiger partial charge < -0.3 is 5.32 Å². The maximum Gasteiger partial charge on any atom is 0.126 e. The highest BCUT2D eigenvalue weighted by molar-refractivity contribution is 5.27. The molecule has 1 N–H and O–H groups in total. The van der Waals surface area contributed by atoms with Crippen LogP contribution in [0.5, 0.6) is 0 Å². The van der Waals surface area contributed by atoms with Crippen molar-refractivity contribution < 1.29 is 4.39 Å². The van der Waals surface area contributed by atoms with Gasteiger partial charge in [0.2, 0.25) is 0 Å². The maximum absolute atomic E-state index is 13.1. The molecule has 1 saturated heterocycles. The van der Waals surface area contributed by atoms with Gasteiger partial charge in [0, 0.05) is 6.04 Å². The third-order valence-electron chi connectivity index (χ3n) is 3.42. The Morgan fingerprint density at radius 1 is 1.47 bits per heavy atom. The largest absolute Gasteiger partial charge is 0.310 e. The van der Waals surface area contributed by atoms with Crippen molar-refractivity contribution >= 4 is 0 Å². The van der Waals surface area contributed by atoms with Gasteiger partial charge in [0.25, 0.3) is 0 Å². The van der Waals surface area contributed by atoms with Crippen molar-refractivity contribution in [2.24, 2.45) is 5.92 Å². The lowest BCUT2D eigenvalue weighted by molar-refractivity contribution is 0.448. The van der Waals surface area contributed by atoms with Crippen LogP contribution in [-0.4, -0.2) is 6.54 Å². The summed E-state index contributed by atoms with van der Waals surface area (Å²) in [5.74, 6) is 0.597. The molecular formula is C13H18FN. The van der Waals surface area contributed by atoms with Gasteiger partial charge >= 0.3 is 0 Å². The van der Waals surface area contributed by atoms with Gasteiger partial charge in [-0.05, 0) is 43.0 Å². The van der Waals surface area contributed by atoms with Crippen LogP contribution in [0.1, 0.15) is 36.9 Å². The van der Waals surface area contributed by atoms with Crippen molar-refractivity contribution in [1.29, 1.82) is 0 Å². The molecule has 0 spiro atoms. The zero-order chi connectivity index (χ0) is 10.8. The number of benzene rings is 1. The Morgan fingerprint density at radius 3 is 2.93 bits per heavy atom. The molecule has 1 aromatic rings. The molecule has 0 bridgehead atoms. The molecular weight excluding hydrogens is 189 g/mol. The van der Waals surface area contributed by atoms with Gasteiger partial charge in [-0.2, -0.15) is 0 Å². The highest BCUT2D eigenvalue weighted by Gasteiger charge is 2.26. The summed E-state index contributed by atoms with van der Waals surface area (Å²) in [6, 6.07) is 5.89. The Morgan fingerprint density at radius 2 is 2.27 bits per heavy atom. The van der Waals surface area contributed by atoms with Gasteiger partial charge in [-0.15, -0.1) is 0 Å². The second-order valence-electron chi connectivity index (χ2n) is 4.40. The second kappa shape index (κ2) is 4.31. The Bertz CT molecular complexity index is 348. The summed E-state index contributed by atoms with van der Waals surface area (Å²) < 4.78 is 13.1. The third kappa shape index (κ3) is 2.05. The van der Waals surface area contributed by atoms with Gasteiger partial charge in [-0.3, -0.25) is 0 Å². The van der Waals surface area contributed by atoms with E-state index in [1.165, 1.54) is 18.4 Å².